The monoisotopic (exact) mass is 326 g/mol. The average molecular weight is 327 g/mol. The van der Waals surface area contributed by atoms with Crippen molar-refractivity contribution in [3.05, 3.63) is 29.8 Å². The zero-order valence-corrected chi connectivity index (χ0v) is 14.3. The highest BCUT2D eigenvalue weighted by molar-refractivity contribution is 5.85. The number of rotatable bonds is 6. The van der Waals surface area contributed by atoms with Gasteiger partial charge in [-0.1, -0.05) is 12.1 Å². The molecule has 1 amide bonds. The Labute approximate surface area is 139 Å². The predicted molar refractivity (Wildman–Crippen MR) is 91.5 cm³/mol. The van der Waals surface area contributed by atoms with E-state index in [-0.39, 0.29) is 18.3 Å². The Morgan fingerprint density at radius 1 is 1.27 bits per heavy atom. The fourth-order valence-electron chi connectivity index (χ4n) is 2.78. The molecule has 0 radical (unpaired) electrons. The maximum absolute atomic E-state index is 12.2. The molecule has 1 aliphatic heterocycles. The van der Waals surface area contributed by atoms with Crippen LogP contribution in [0.25, 0.3) is 0 Å². The summed E-state index contributed by atoms with van der Waals surface area (Å²) in [4.78, 5) is 14.0. The lowest BCUT2D eigenvalue weighted by Crippen LogP contribution is -2.30. The first-order chi connectivity index (χ1) is 10.2. The van der Waals surface area contributed by atoms with Crippen LogP contribution in [0.3, 0.4) is 0 Å². The molecule has 2 rings (SSSR count). The van der Waals surface area contributed by atoms with E-state index in [1.165, 1.54) is 12.8 Å². The van der Waals surface area contributed by atoms with Crippen molar-refractivity contribution in [1.82, 2.24) is 10.2 Å². The molecule has 0 atom stereocenters. The summed E-state index contributed by atoms with van der Waals surface area (Å²) in [6.07, 6.45) is 4.09. The van der Waals surface area contributed by atoms with Gasteiger partial charge in [0.15, 0.2) is 0 Å². The van der Waals surface area contributed by atoms with E-state index in [9.17, 15) is 4.79 Å². The number of amides is 1. The minimum Gasteiger partial charge on any atom is -0.497 e. The van der Waals surface area contributed by atoms with Crippen molar-refractivity contribution < 1.29 is 9.53 Å². The van der Waals surface area contributed by atoms with Crippen LogP contribution in [0, 0.1) is 5.92 Å². The van der Waals surface area contributed by atoms with E-state index in [0.717, 1.165) is 30.8 Å². The second kappa shape index (κ2) is 9.70. The molecular formula is C17H27ClN2O2. The molecule has 124 valence electrons. The van der Waals surface area contributed by atoms with E-state index < -0.39 is 0 Å². The van der Waals surface area contributed by atoms with Crippen molar-refractivity contribution in [1.29, 1.82) is 0 Å². The van der Waals surface area contributed by atoms with Gasteiger partial charge >= 0.3 is 0 Å². The van der Waals surface area contributed by atoms with Crippen molar-refractivity contribution >= 4 is 18.3 Å². The quantitative estimate of drug-likeness (QED) is 0.874. The Morgan fingerprint density at radius 3 is 2.50 bits per heavy atom. The maximum atomic E-state index is 12.2. The van der Waals surface area contributed by atoms with Crippen LogP contribution in [0.1, 0.15) is 31.2 Å². The maximum Gasteiger partial charge on any atom is 0.222 e. The number of halogens is 1. The van der Waals surface area contributed by atoms with Gasteiger partial charge in [-0.05, 0) is 56.0 Å². The van der Waals surface area contributed by atoms with E-state index in [1.807, 2.05) is 36.2 Å². The molecule has 22 heavy (non-hydrogen) atoms. The Kier molecular flexibility index (Phi) is 8.28. The zero-order chi connectivity index (χ0) is 15.1. The van der Waals surface area contributed by atoms with Crippen molar-refractivity contribution in [2.24, 2.45) is 5.92 Å². The van der Waals surface area contributed by atoms with Gasteiger partial charge in [-0.15, -0.1) is 12.4 Å². The summed E-state index contributed by atoms with van der Waals surface area (Å²) in [5.41, 5.74) is 1.13. The summed E-state index contributed by atoms with van der Waals surface area (Å²) in [5.74, 6) is 1.80. The van der Waals surface area contributed by atoms with Crippen molar-refractivity contribution in [3.63, 3.8) is 0 Å². The number of piperidine rings is 1. The van der Waals surface area contributed by atoms with E-state index >= 15 is 0 Å². The largest absolute Gasteiger partial charge is 0.497 e. The summed E-state index contributed by atoms with van der Waals surface area (Å²) < 4.78 is 5.14. The summed E-state index contributed by atoms with van der Waals surface area (Å²) >= 11 is 0. The highest BCUT2D eigenvalue weighted by Gasteiger charge is 2.16. The molecule has 0 aliphatic carbocycles. The molecule has 0 bridgehead atoms. The molecule has 0 aromatic heterocycles. The van der Waals surface area contributed by atoms with Crippen molar-refractivity contribution in [2.75, 3.05) is 27.2 Å². The highest BCUT2D eigenvalue weighted by Crippen LogP contribution is 2.19. The summed E-state index contributed by atoms with van der Waals surface area (Å²) in [6.45, 7) is 2.86. The minimum atomic E-state index is 0. The van der Waals surface area contributed by atoms with Crippen LogP contribution in [-0.4, -0.2) is 38.1 Å². The molecule has 0 unspecified atom stereocenters. The molecule has 0 saturated carbocycles. The number of nitrogens with zero attached hydrogens (tertiary/aromatic N) is 1. The number of carbonyl (C=O) groups is 1. The normalized spacial score (nSPS) is 15.0. The Hall–Kier alpha value is -1.26. The van der Waals surface area contributed by atoms with E-state index in [1.54, 1.807) is 7.11 Å². The zero-order valence-electron chi connectivity index (χ0n) is 13.5. The van der Waals surface area contributed by atoms with Crippen molar-refractivity contribution in [3.8, 4) is 5.75 Å². The first-order valence-electron chi connectivity index (χ1n) is 7.76. The number of ether oxygens (including phenoxy) is 1. The third-order valence-electron chi connectivity index (χ3n) is 4.23. The standard InChI is InChI=1S/C17H26N2O2.ClH/c1-19(13-15-3-6-16(21-2)7-4-15)17(20)8-5-14-9-11-18-12-10-14;/h3-4,6-7,14,18H,5,8-13H2,1-2H3;1H. The fourth-order valence-corrected chi connectivity index (χ4v) is 2.78. The number of nitrogens with one attached hydrogen (secondary N) is 1. The number of carbonyl (C=O) groups excluding carboxylic acids is 1. The molecule has 0 spiro atoms. The Balaban J connectivity index is 0.00000242. The lowest BCUT2D eigenvalue weighted by molar-refractivity contribution is -0.130. The number of hydrogen-bond acceptors (Lipinski definition) is 3. The average Bonchev–Trinajstić information content (AvgIpc) is 2.54. The van der Waals surface area contributed by atoms with E-state index in [4.69, 9.17) is 4.74 Å². The van der Waals surface area contributed by atoms with Gasteiger partial charge in [0.25, 0.3) is 0 Å². The van der Waals surface area contributed by atoms with Crippen LogP contribution >= 0.6 is 12.4 Å². The van der Waals surface area contributed by atoms with Gasteiger partial charge in [0, 0.05) is 20.0 Å². The Bertz CT molecular complexity index is 444. The van der Waals surface area contributed by atoms with E-state index in [2.05, 4.69) is 5.32 Å². The van der Waals surface area contributed by atoms with Crippen molar-refractivity contribution in [2.45, 2.75) is 32.2 Å². The minimum absolute atomic E-state index is 0. The molecule has 1 aromatic carbocycles. The van der Waals surface area contributed by atoms with Gasteiger partial charge in [-0.3, -0.25) is 4.79 Å². The predicted octanol–water partition coefficient (Wildman–Crippen LogP) is 2.86. The van der Waals surface area contributed by atoms with E-state index in [0.29, 0.717) is 18.9 Å². The molecule has 4 nitrogen and oxygen atoms in total. The molecular weight excluding hydrogens is 300 g/mol. The van der Waals surface area contributed by atoms with Crippen LogP contribution in [0.4, 0.5) is 0 Å². The van der Waals surface area contributed by atoms with Gasteiger partial charge in [0.1, 0.15) is 5.75 Å². The van der Waals surface area contributed by atoms with Crippen LogP contribution in [0.5, 0.6) is 5.75 Å². The molecule has 5 heteroatoms. The summed E-state index contributed by atoms with van der Waals surface area (Å²) in [7, 11) is 3.54. The summed E-state index contributed by atoms with van der Waals surface area (Å²) in [6, 6.07) is 7.89. The van der Waals surface area contributed by atoms with Crippen LogP contribution < -0.4 is 10.1 Å². The van der Waals surface area contributed by atoms with Gasteiger partial charge in [0.05, 0.1) is 7.11 Å². The number of hydrogen-bond donors (Lipinski definition) is 1. The van der Waals surface area contributed by atoms with Gasteiger partial charge < -0.3 is 15.0 Å². The van der Waals surface area contributed by atoms with Crippen LogP contribution in [0.2, 0.25) is 0 Å². The topological polar surface area (TPSA) is 41.6 Å². The van der Waals surface area contributed by atoms with Crippen LogP contribution in [-0.2, 0) is 11.3 Å². The number of methoxy groups -OCH3 is 1. The molecule has 1 N–H and O–H groups in total. The van der Waals surface area contributed by atoms with Gasteiger partial charge in [-0.2, -0.15) is 0 Å². The lowest BCUT2D eigenvalue weighted by atomic mass is 9.93. The Morgan fingerprint density at radius 2 is 1.91 bits per heavy atom. The molecule has 1 saturated heterocycles. The first kappa shape index (κ1) is 18.8. The lowest BCUT2D eigenvalue weighted by Gasteiger charge is -2.23. The molecule has 1 fully saturated rings. The van der Waals surface area contributed by atoms with Gasteiger partial charge in [0.2, 0.25) is 5.91 Å². The molecule has 1 aliphatic rings. The van der Waals surface area contributed by atoms with Crippen LogP contribution in [0.15, 0.2) is 24.3 Å². The smallest absolute Gasteiger partial charge is 0.222 e. The van der Waals surface area contributed by atoms with Gasteiger partial charge in [-0.25, -0.2) is 0 Å². The number of benzene rings is 1. The molecule has 1 aromatic rings. The highest BCUT2D eigenvalue weighted by atomic mass is 35.5. The summed E-state index contributed by atoms with van der Waals surface area (Å²) in [5, 5.41) is 3.36. The fraction of sp³-hybridized carbons (Fsp3) is 0.588. The third kappa shape index (κ3) is 5.85. The first-order valence-corrected chi connectivity index (χ1v) is 7.76. The molecule has 1 heterocycles. The SMILES string of the molecule is COc1ccc(CN(C)C(=O)CCC2CCNCC2)cc1.Cl. The third-order valence-corrected chi connectivity index (χ3v) is 4.23. The second-order valence-corrected chi connectivity index (χ2v) is 5.83. The second-order valence-electron chi connectivity index (χ2n) is 5.83.